The van der Waals surface area contributed by atoms with Crippen LogP contribution in [-0.4, -0.2) is 19.1 Å². The average molecular weight is 679 g/mol. The van der Waals surface area contributed by atoms with Gasteiger partial charge in [-0.1, -0.05) is 133 Å². The van der Waals surface area contributed by atoms with E-state index in [-0.39, 0.29) is 0 Å². The zero-order chi connectivity index (χ0) is 35.3. The lowest BCUT2D eigenvalue weighted by molar-refractivity contribution is 0.970. The number of aryl methyl sites for hydroxylation is 1. The highest BCUT2D eigenvalue weighted by molar-refractivity contribution is 6.12. The summed E-state index contributed by atoms with van der Waals surface area (Å²) >= 11 is 0. The summed E-state index contributed by atoms with van der Waals surface area (Å²) in [6.07, 6.45) is 4.36. The fourth-order valence-corrected chi connectivity index (χ4v) is 7.80. The van der Waals surface area contributed by atoms with Crippen molar-refractivity contribution >= 4 is 55.8 Å². The molecule has 0 aliphatic rings. The van der Waals surface area contributed by atoms with Crippen LogP contribution in [0.4, 0.5) is 0 Å². The Balaban J connectivity index is 1.22. The van der Waals surface area contributed by atoms with E-state index < -0.39 is 0 Å². The van der Waals surface area contributed by atoms with E-state index in [0.29, 0.717) is 5.95 Å². The summed E-state index contributed by atoms with van der Waals surface area (Å²) in [5.41, 5.74) is 13.2. The van der Waals surface area contributed by atoms with Crippen LogP contribution in [0.3, 0.4) is 0 Å². The van der Waals surface area contributed by atoms with E-state index in [1.54, 1.807) is 0 Å². The fraction of sp³-hybridized carbons (Fsp3) is 0.0204. The normalized spacial score (nSPS) is 11.8. The average Bonchev–Trinajstić information content (AvgIpc) is 3.71. The first kappa shape index (κ1) is 30.8. The molecule has 0 amide bonds. The summed E-state index contributed by atoms with van der Waals surface area (Å²) in [6, 6.07) is 62.1. The minimum Gasteiger partial charge on any atom is -0.309 e. The van der Waals surface area contributed by atoms with Crippen LogP contribution >= 0.6 is 0 Å². The molecule has 53 heavy (non-hydrogen) atoms. The SMILES string of the molecule is Cc1c(/C=C\c2ccccc2)n(-c2nc(-c3ccc4c(c3)c3cc(-c5ccccc5)ccc3n4-c3ccccc3)c3ccccc3n2)c2ccccc12. The zero-order valence-electron chi connectivity index (χ0n) is 29.2. The van der Waals surface area contributed by atoms with Gasteiger partial charge in [-0.3, -0.25) is 4.57 Å². The molecule has 0 bridgehead atoms. The number of benzene rings is 7. The van der Waals surface area contributed by atoms with Crippen molar-refractivity contribution in [2.24, 2.45) is 0 Å². The molecule has 0 spiro atoms. The second kappa shape index (κ2) is 12.6. The first-order valence-electron chi connectivity index (χ1n) is 18.0. The number of rotatable bonds is 6. The van der Waals surface area contributed by atoms with Crippen molar-refractivity contribution < 1.29 is 0 Å². The molecule has 0 N–H and O–H groups in total. The third-order valence-corrected chi connectivity index (χ3v) is 10.4. The summed E-state index contributed by atoms with van der Waals surface area (Å²) in [7, 11) is 0. The largest absolute Gasteiger partial charge is 0.309 e. The summed E-state index contributed by atoms with van der Waals surface area (Å²) in [5, 5.41) is 4.58. The van der Waals surface area contributed by atoms with E-state index in [1.807, 2.05) is 6.07 Å². The lowest BCUT2D eigenvalue weighted by Gasteiger charge is -2.13. The van der Waals surface area contributed by atoms with Gasteiger partial charge in [-0.15, -0.1) is 0 Å². The Morgan fingerprint density at radius 1 is 0.434 bits per heavy atom. The third kappa shape index (κ3) is 5.23. The first-order valence-corrected chi connectivity index (χ1v) is 18.0. The second-order valence-corrected chi connectivity index (χ2v) is 13.5. The topological polar surface area (TPSA) is 35.6 Å². The smallest absolute Gasteiger partial charge is 0.235 e. The molecule has 0 saturated carbocycles. The summed E-state index contributed by atoms with van der Waals surface area (Å²) in [5.74, 6) is 0.647. The van der Waals surface area contributed by atoms with Crippen molar-refractivity contribution in [2.45, 2.75) is 6.92 Å². The minimum atomic E-state index is 0.647. The van der Waals surface area contributed by atoms with Crippen molar-refractivity contribution in [3.05, 3.63) is 193 Å². The van der Waals surface area contributed by atoms with Gasteiger partial charge in [0, 0.05) is 32.8 Å². The molecule has 0 atom stereocenters. The van der Waals surface area contributed by atoms with E-state index in [2.05, 4.69) is 198 Å². The van der Waals surface area contributed by atoms with Crippen LogP contribution in [0.2, 0.25) is 0 Å². The Morgan fingerprint density at radius 3 is 1.77 bits per heavy atom. The minimum absolute atomic E-state index is 0.647. The summed E-state index contributed by atoms with van der Waals surface area (Å²) < 4.78 is 4.58. The Kier molecular flexibility index (Phi) is 7.33. The van der Waals surface area contributed by atoms with Gasteiger partial charge in [0.2, 0.25) is 5.95 Å². The molecular formula is C49H34N4. The predicted octanol–water partition coefficient (Wildman–Crippen LogP) is 12.5. The van der Waals surface area contributed by atoms with Crippen LogP contribution in [0.15, 0.2) is 176 Å². The lowest BCUT2D eigenvalue weighted by Crippen LogP contribution is -2.05. The molecule has 0 fully saturated rings. The van der Waals surface area contributed by atoms with Crippen molar-refractivity contribution in [1.82, 2.24) is 19.1 Å². The standard InChI is InChI=1S/C49H34N4/c1-33-39-21-12-14-24-45(39)53(44(33)28-25-34-15-5-2-6-16-34)49-50-43-23-13-11-22-40(43)48(51-49)37-27-30-47-42(32-37)41-31-36(35-17-7-3-8-18-35)26-29-46(41)52(47)38-19-9-4-10-20-38/h2-32H,1H3/b28-25-. The zero-order valence-corrected chi connectivity index (χ0v) is 29.2. The Labute approximate surface area is 307 Å². The van der Waals surface area contributed by atoms with E-state index in [1.165, 1.54) is 38.4 Å². The van der Waals surface area contributed by atoms with Gasteiger partial charge in [0.1, 0.15) is 0 Å². The molecule has 10 aromatic rings. The van der Waals surface area contributed by atoms with Crippen LogP contribution in [0.5, 0.6) is 0 Å². The maximum atomic E-state index is 5.45. The second-order valence-electron chi connectivity index (χ2n) is 13.5. The van der Waals surface area contributed by atoms with E-state index in [4.69, 9.17) is 9.97 Å². The van der Waals surface area contributed by atoms with Gasteiger partial charge in [-0.05, 0) is 83.8 Å². The number of nitrogens with zero attached hydrogens (tertiary/aromatic N) is 4. The van der Waals surface area contributed by atoms with Gasteiger partial charge in [-0.2, -0.15) is 0 Å². The van der Waals surface area contributed by atoms with Crippen LogP contribution < -0.4 is 0 Å². The molecule has 0 radical (unpaired) electrons. The molecule has 0 unspecified atom stereocenters. The van der Waals surface area contributed by atoms with E-state index in [9.17, 15) is 0 Å². The molecule has 7 aromatic carbocycles. The van der Waals surface area contributed by atoms with Gasteiger partial charge in [0.05, 0.1) is 33.5 Å². The highest BCUT2D eigenvalue weighted by Crippen LogP contribution is 2.39. The Morgan fingerprint density at radius 2 is 1.02 bits per heavy atom. The molecular weight excluding hydrogens is 645 g/mol. The highest BCUT2D eigenvalue weighted by atomic mass is 15.2. The summed E-state index contributed by atoms with van der Waals surface area (Å²) in [6.45, 7) is 2.19. The highest BCUT2D eigenvalue weighted by Gasteiger charge is 2.20. The molecule has 10 rings (SSSR count). The number of aromatic nitrogens is 4. The number of fused-ring (bicyclic) bond motifs is 5. The monoisotopic (exact) mass is 678 g/mol. The van der Waals surface area contributed by atoms with Gasteiger partial charge in [0.15, 0.2) is 0 Å². The van der Waals surface area contributed by atoms with Crippen LogP contribution in [-0.2, 0) is 0 Å². The molecule has 4 nitrogen and oxygen atoms in total. The Hall–Kier alpha value is -7.04. The number of hydrogen-bond donors (Lipinski definition) is 0. The molecule has 0 saturated heterocycles. The molecule has 0 aliphatic heterocycles. The molecule has 250 valence electrons. The molecule has 3 heterocycles. The lowest BCUT2D eigenvalue weighted by atomic mass is 10.0. The van der Waals surface area contributed by atoms with Crippen molar-refractivity contribution in [3.8, 4) is 34.0 Å². The van der Waals surface area contributed by atoms with Gasteiger partial charge in [-0.25, -0.2) is 9.97 Å². The maximum Gasteiger partial charge on any atom is 0.235 e. The third-order valence-electron chi connectivity index (χ3n) is 10.4. The van der Waals surface area contributed by atoms with Gasteiger partial charge < -0.3 is 4.57 Å². The van der Waals surface area contributed by atoms with Gasteiger partial charge >= 0.3 is 0 Å². The van der Waals surface area contributed by atoms with Crippen LogP contribution in [0.1, 0.15) is 16.8 Å². The predicted molar refractivity (Wildman–Crippen MR) is 222 cm³/mol. The van der Waals surface area contributed by atoms with Crippen molar-refractivity contribution in [2.75, 3.05) is 0 Å². The molecule has 3 aromatic heterocycles. The number of hydrogen-bond acceptors (Lipinski definition) is 2. The van der Waals surface area contributed by atoms with Crippen LogP contribution in [0, 0.1) is 6.92 Å². The number of para-hydroxylation sites is 3. The van der Waals surface area contributed by atoms with Crippen molar-refractivity contribution in [1.29, 1.82) is 0 Å². The van der Waals surface area contributed by atoms with Crippen LogP contribution in [0.25, 0.3) is 89.8 Å². The van der Waals surface area contributed by atoms with Gasteiger partial charge in [0.25, 0.3) is 0 Å². The summed E-state index contributed by atoms with van der Waals surface area (Å²) in [4.78, 5) is 10.7. The molecule has 0 aliphatic carbocycles. The van der Waals surface area contributed by atoms with E-state index >= 15 is 0 Å². The fourth-order valence-electron chi connectivity index (χ4n) is 7.80. The molecule has 4 heteroatoms. The first-order chi connectivity index (χ1) is 26.2. The van der Waals surface area contributed by atoms with Crippen molar-refractivity contribution in [3.63, 3.8) is 0 Å². The van der Waals surface area contributed by atoms with E-state index in [0.717, 1.165) is 50.1 Å². The quantitative estimate of drug-likeness (QED) is 0.175. The Bertz CT molecular complexity index is 2990. The maximum absolute atomic E-state index is 5.45.